The molecule has 0 fully saturated rings. The van der Waals surface area contributed by atoms with Crippen LogP contribution in [-0.4, -0.2) is 25.3 Å². The molecule has 78 valence electrons. The number of esters is 2. The van der Waals surface area contributed by atoms with Crippen LogP contribution in [0.4, 0.5) is 0 Å². The Hall–Kier alpha value is -2.17. The van der Waals surface area contributed by atoms with Crippen LogP contribution in [0.15, 0.2) is 24.3 Å². The lowest BCUT2D eigenvalue weighted by molar-refractivity contribution is -0.144. The van der Waals surface area contributed by atoms with E-state index in [2.05, 4.69) is 4.74 Å². The van der Waals surface area contributed by atoms with Crippen molar-refractivity contribution in [2.24, 2.45) is 0 Å². The van der Waals surface area contributed by atoms with Gasteiger partial charge in [-0.05, 0) is 24.3 Å². The van der Waals surface area contributed by atoms with E-state index in [1.807, 2.05) is 0 Å². The second-order valence-corrected chi connectivity index (χ2v) is 2.55. The average Bonchev–Trinajstić information content (AvgIpc) is 2.29. The van der Waals surface area contributed by atoms with Crippen LogP contribution >= 0.6 is 0 Å². The molecule has 0 aliphatic carbocycles. The van der Waals surface area contributed by atoms with Gasteiger partial charge in [-0.25, -0.2) is 9.59 Å². The Labute approximate surface area is 85.6 Å². The van der Waals surface area contributed by atoms with Crippen LogP contribution in [0.2, 0.25) is 0 Å². The third-order valence-electron chi connectivity index (χ3n) is 1.62. The molecule has 0 radical (unpaired) electrons. The van der Waals surface area contributed by atoms with E-state index in [-0.39, 0.29) is 11.8 Å². The van der Waals surface area contributed by atoms with E-state index in [0.717, 1.165) is 0 Å². The summed E-state index contributed by atoms with van der Waals surface area (Å²) in [6.07, 6.45) is -0.0680. The predicted molar refractivity (Wildman–Crippen MR) is 49.5 cm³/mol. The minimum absolute atomic E-state index is 0.0680. The summed E-state index contributed by atoms with van der Waals surface area (Å²) in [6.45, 7) is 0. The van der Waals surface area contributed by atoms with Crippen molar-refractivity contribution in [3.8, 4) is 5.75 Å². The van der Waals surface area contributed by atoms with E-state index in [0.29, 0.717) is 5.75 Å². The van der Waals surface area contributed by atoms with Crippen molar-refractivity contribution in [1.82, 2.24) is 0 Å². The highest BCUT2D eigenvalue weighted by atomic mass is 16.6. The normalized spacial score (nSPS) is 9.13. The molecule has 0 heterocycles. The lowest BCUT2D eigenvalue weighted by Crippen LogP contribution is -2.12. The topological polar surface area (TPSA) is 69.7 Å². The molecule has 0 bridgehead atoms. The second kappa shape index (κ2) is 4.90. The van der Waals surface area contributed by atoms with Crippen molar-refractivity contribution in [2.75, 3.05) is 7.11 Å². The summed E-state index contributed by atoms with van der Waals surface area (Å²) in [6, 6.07) is 5.95. The summed E-state index contributed by atoms with van der Waals surface area (Å²) in [4.78, 5) is 31.6. The fourth-order valence-corrected chi connectivity index (χ4v) is 0.901. The fraction of sp³-hybridized carbons (Fsp3) is 0.100. The van der Waals surface area contributed by atoms with Gasteiger partial charge >= 0.3 is 11.9 Å². The fourth-order valence-electron chi connectivity index (χ4n) is 0.901. The molecule has 0 unspecified atom stereocenters. The Kier molecular flexibility index (Phi) is 3.56. The van der Waals surface area contributed by atoms with Gasteiger partial charge in [0.25, 0.3) is 0 Å². The van der Waals surface area contributed by atoms with E-state index in [9.17, 15) is 14.4 Å². The van der Waals surface area contributed by atoms with Gasteiger partial charge in [0.05, 0.1) is 12.7 Å². The van der Waals surface area contributed by atoms with Crippen molar-refractivity contribution in [3.63, 3.8) is 0 Å². The number of hydrogen-bond acceptors (Lipinski definition) is 5. The van der Waals surface area contributed by atoms with Crippen molar-refractivity contribution in [1.29, 1.82) is 0 Å². The average molecular weight is 208 g/mol. The number of benzene rings is 1. The molecule has 1 aromatic carbocycles. The summed E-state index contributed by atoms with van der Waals surface area (Å²) in [5, 5.41) is 0. The van der Waals surface area contributed by atoms with Crippen LogP contribution in [0, 0.1) is 0 Å². The lowest BCUT2D eigenvalue weighted by Gasteiger charge is -2.01. The predicted octanol–water partition coefficient (Wildman–Crippen LogP) is 0.577. The van der Waals surface area contributed by atoms with E-state index in [4.69, 9.17) is 4.74 Å². The van der Waals surface area contributed by atoms with Crippen LogP contribution in [0.25, 0.3) is 0 Å². The molecule has 0 aliphatic rings. The van der Waals surface area contributed by atoms with Crippen molar-refractivity contribution < 1.29 is 23.9 Å². The van der Waals surface area contributed by atoms with Gasteiger partial charge < -0.3 is 9.47 Å². The van der Waals surface area contributed by atoms with Gasteiger partial charge in [0, 0.05) is 0 Å². The van der Waals surface area contributed by atoms with Crippen molar-refractivity contribution in [3.05, 3.63) is 29.8 Å². The molecule has 0 spiro atoms. The summed E-state index contributed by atoms with van der Waals surface area (Å²) in [5.74, 6) is -1.50. The SMILES string of the molecule is COc1ccc(C(=O)OC(=O)C=O)cc1. The first-order valence-corrected chi connectivity index (χ1v) is 4.02. The first kappa shape index (κ1) is 10.9. The Balaban J connectivity index is 2.74. The van der Waals surface area contributed by atoms with Crippen LogP contribution in [-0.2, 0) is 14.3 Å². The molecule has 0 saturated carbocycles. The minimum atomic E-state index is -1.21. The Morgan fingerprint density at radius 1 is 1.20 bits per heavy atom. The molecule has 0 atom stereocenters. The summed E-state index contributed by atoms with van der Waals surface area (Å²) in [7, 11) is 1.49. The minimum Gasteiger partial charge on any atom is -0.497 e. The maximum Gasteiger partial charge on any atom is 0.379 e. The zero-order valence-corrected chi connectivity index (χ0v) is 7.93. The molecule has 5 nitrogen and oxygen atoms in total. The maximum atomic E-state index is 11.2. The zero-order chi connectivity index (χ0) is 11.3. The monoisotopic (exact) mass is 208 g/mol. The van der Waals surface area contributed by atoms with Crippen LogP contribution in [0.5, 0.6) is 5.75 Å². The van der Waals surface area contributed by atoms with E-state index in [1.54, 1.807) is 12.1 Å². The number of carbonyl (C=O) groups excluding carboxylic acids is 3. The number of carbonyl (C=O) groups is 3. The summed E-state index contributed by atoms with van der Waals surface area (Å²) >= 11 is 0. The molecular formula is C10H8O5. The number of aldehydes is 1. The van der Waals surface area contributed by atoms with Gasteiger partial charge in [-0.2, -0.15) is 0 Å². The zero-order valence-electron chi connectivity index (χ0n) is 7.93. The lowest BCUT2D eigenvalue weighted by atomic mass is 10.2. The van der Waals surface area contributed by atoms with Gasteiger partial charge in [-0.15, -0.1) is 0 Å². The number of rotatable bonds is 3. The summed E-state index contributed by atoms with van der Waals surface area (Å²) in [5.41, 5.74) is 0.172. The number of methoxy groups -OCH3 is 1. The Morgan fingerprint density at radius 3 is 2.27 bits per heavy atom. The van der Waals surface area contributed by atoms with Crippen molar-refractivity contribution >= 4 is 18.2 Å². The van der Waals surface area contributed by atoms with Crippen molar-refractivity contribution in [2.45, 2.75) is 0 Å². The summed E-state index contributed by atoms with van der Waals surface area (Å²) < 4.78 is 9.05. The smallest absolute Gasteiger partial charge is 0.379 e. The molecule has 1 rings (SSSR count). The second-order valence-electron chi connectivity index (χ2n) is 2.55. The van der Waals surface area contributed by atoms with Gasteiger partial charge in [0.2, 0.25) is 6.29 Å². The van der Waals surface area contributed by atoms with Crippen LogP contribution < -0.4 is 4.74 Å². The molecule has 0 N–H and O–H groups in total. The molecule has 0 amide bonds. The number of hydrogen-bond donors (Lipinski definition) is 0. The van der Waals surface area contributed by atoms with Crippen LogP contribution in [0.1, 0.15) is 10.4 Å². The number of ether oxygens (including phenoxy) is 2. The Morgan fingerprint density at radius 2 is 1.80 bits per heavy atom. The van der Waals surface area contributed by atoms with Crippen LogP contribution in [0.3, 0.4) is 0 Å². The third kappa shape index (κ3) is 2.91. The molecule has 0 aliphatic heterocycles. The first-order chi connectivity index (χ1) is 7.17. The third-order valence-corrected chi connectivity index (χ3v) is 1.62. The highest BCUT2D eigenvalue weighted by Gasteiger charge is 2.11. The standard InChI is InChI=1S/C10H8O5/c1-14-8-4-2-7(3-5-8)10(13)15-9(12)6-11/h2-6H,1H3. The van der Waals surface area contributed by atoms with E-state index in [1.165, 1.54) is 19.2 Å². The first-order valence-electron chi connectivity index (χ1n) is 4.02. The highest BCUT2D eigenvalue weighted by Crippen LogP contribution is 2.11. The largest absolute Gasteiger partial charge is 0.497 e. The molecule has 15 heavy (non-hydrogen) atoms. The Bertz CT molecular complexity index is 379. The molecule has 0 aromatic heterocycles. The quantitative estimate of drug-likeness (QED) is 0.314. The molecule has 1 aromatic rings. The van der Waals surface area contributed by atoms with E-state index < -0.39 is 11.9 Å². The van der Waals surface area contributed by atoms with Gasteiger partial charge in [-0.3, -0.25) is 4.79 Å². The van der Waals surface area contributed by atoms with Gasteiger partial charge in [0.1, 0.15) is 5.75 Å². The molecular weight excluding hydrogens is 200 g/mol. The van der Waals surface area contributed by atoms with Gasteiger partial charge in [-0.1, -0.05) is 0 Å². The maximum absolute atomic E-state index is 11.2. The molecule has 5 heteroatoms. The van der Waals surface area contributed by atoms with E-state index >= 15 is 0 Å². The molecule has 0 saturated heterocycles. The van der Waals surface area contributed by atoms with Gasteiger partial charge in [0.15, 0.2) is 0 Å². The highest BCUT2D eigenvalue weighted by molar-refractivity contribution is 6.23.